The van der Waals surface area contributed by atoms with E-state index < -0.39 is 5.82 Å². The summed E-state index contributed by atoms with van der Waals surface area (Å²) in [5, 5.41) is 0. The Hall–Kier alpha value is -2.23. The van der Waals surface area contributed by atoms with Crippen LogP contribution in [0.15, 0.2) is 36.5 Å². The van der Waals surface area contributed by atoms with E-state index >= 15 is 0 Å². The molecule has 86 valence electrons. The highest BCUT2D eigenvalue weighted by Gasteiger charge is 2.13. The monoisotopic (exact) mass is 230 g/mol. The lowest BCUT2D eigenvalue weighted by Crippen LogP contribution is -2.07. The van der Waals surface area contributed by atoms with E-state index in [-0.39, 0.29) is 22.7 Å². The molecule has 4 heteroatoms. The number of aryl methyl sites for hydroxylation is 1. The molecule has 0 saturated heterocycles. The van der Waals surface area contributed by atoms with E-state index in [2.05, 4.69) is 4.98 Å². The van der Waals surface area contributed by atoms with E-state index in [0.29, 0.717) is 5.56 Å². The number of ketones is 1. The molecular formula is C13H11FN2O. The van der Waals surface area contributed by atoms with E-state index in [1.807, 2.05) is 0 Å². The Balaban J connectivity index is 2.44. The number of carbonyl (C=O) groups excluding carboxylic acids is 1. The van der Waals surface area contributed by atoms with Crippen LogP contribution in [0.5, 0.6) is 0 Å². The number of pyridine rings is 1. The largest absolute Gasteiger partial charge is 0.383 e. The summed E-state index contributed by atoms with van der Waals surface area (Å²) in [6.07, 6.45) is 1.50. The zero-order chi connectivity index (χ0) is 12.4. The number of hydrogen-bond donors (Lipinski definition) is 1. The van der Waals surface area contributed by atoms with Crippen molar-refractivity contribution in [1.29, 1.82) is 0 Å². The average molecular weight is 230 g/mol. The standard InChI is InChI=1S/C13H11FN2O/c1-8-4-5-9(7-11(8)14)12(17)10-3-2-6-16-13(10)15/h2-7H,1H3,(H2,15,16). The molecule has 0 bridgehead atoms. The molecule has 3 nitrogen and oxygen atoms in total. The minimum atomic E-state index is -0.404. The van der Waals surface area contributed by atoms with Crippen LogP contribution in [-0.2, 0) is 0 Å². The van der Waals surface area contributed by atoms with E-state index in [1.54, 1.807) is 31.2 Å². The van der Waals surface area contributed by atoms with Gasteiger partial charge < -0.3 is 5.73 Å². The lowest BCUT2D eigenvalue weighted by molar-refractivity contribution is 0.103. The van der Waals surface area contributed by atoms with E-state index in [1.165, 1.54) is 12.3 Å². The van der Waals surface area contributed by atoms with Crippen molar-refractivity contribution >= 4 is 11.6 Å². The van der Waals surface area contributed by atoms with Crippen LogP contribution in [0.4, 0.5) is 10.2 Å². The van der Waals surface area contributed by atoms with Crippen LogP contribution in [0.1, 0.15) is 21.5 Å². The molecule has 0 atom stereocenters. The summed E-state index contributed by atoms with van der Waals surface area (Å²) in [6.45, 7) is 1.64. The van der Waals surface area contributed by atoms with Gasteiger partial charge in [0.15, 0.2) is 5.78 Å². The molecule has 0 unspecified atom stereocenters. The first kappa shape index (κ1) is 11.3. The fourth-order valence-electron chi connectivity index (χ4n) is 1.50. The molecule has 2 rings (SSSR count). The van der Waals surface area contributed by atoms with Crippen LogP contribution < -0.4 is 5.73 Å². The zero-order valence-corrected chi connectivity index (χ0v) is 9.27. The number of nitrogens with zero attached hydrogens (tertiary/aromatic N) is 1. The number of aromatic nitrogens is 1. The number of nitrogens with two attached hydrogens (primary N) is 1. The van der Waals surface area contributed by atoms with Crippen LogP contribution in [0, 0.1) is 12.7 Å². The van der Waals surface area contributed by atoms with Gasteiger partial charge >= 0.3 is 0 Å². The van der Waals surface area contributed by atoms with Crippen molar-refractivity contribution in [3.05, 3.63) is 59.0 Å². The van der Waals surface area contributed by atoms with Crippen molar-refractivity contribution < 1.29 is 9.18 Å². The van der Waals surface area contributed by atoms with Crippen molar-refractivity contribution in [3.63, 3.8) is 0 Å². The van der Waals surface area contributed by atoms with Crippen LogP contribution in [0.25, 0.3) is 0 Å². The molecule has 0 aliphatic carbocycles. The molecule has 0 amide bonds. The topological polar surface area (TPSA) is 56.0 Å². The normalized spacial score (nSPS) is 10.2. The van der Waals surface area contributed by atoms with Gasteiger partial charge in [-0.3, -0.25) is 4.79 Å². The third kappa shape index (κ3) is 2.15. The highest BCUT2D eigenvalue weighted by atomic mass is 19.1. The fourth-order valence-corrected chi connectivity index (χ4v) is 1.50. The summed E-state index contributed by atoms with van der Waals surface area (Å²) in [6, 6.07) is 7.54. The van der Waals surface area contributed by atoms with Gasteiger partial charge in [0, 0.05) is 11.8 Å². The molecule has 0 aliphatic heterocycles. The number of carbonyl (C=O) groups is 1. The van der Waals surface area contributed by atoms with Crippen molar-refractivity contribution in [2.45, 2.75) is 6.92 Å². The molecule has 0 aliphatic rings. The Morgan fingerprint density at radius 1 is 1.35 bits per heavy atom. The first-order valence-corrected chi connectivity index (χ1v) is 5.11. The molecule has 17 heavy (non-hydrogen) atoms. The van der Waals surface area contributed by atoms with Gasteiger partial charge in [-0.05, 0) is 30.7 Å². The number of rotatable bonds is 2. The van der Waals surface area contributed by atoms with Gasteiger partial charge in [-0.15, -0.1) is 0 Å². The Kier molecular flexibility index (Phi) is 2.87. The predicted molar refractivity (Wildman–Crippen MR) is 63.2 cm³/mol. The third-order valence-corrected chi connectivity index (χ3v) is 2.52. The van der Waals surface area contributed by atoms with Crippen molar-refractivity contribution in [1.82, 2.24) is 4.98 Å². The third-order valence-electron chi connectivity index (χ3n) is 2.52. The second-order valence-electron chi connectivity index (χ2n) is 3.73. The molecule has 0 spiro atoms. The first-order chi connectivity index (χ1) is 8.09. The zero-order valence-electron chi connectivity index (χ0n) is 9.27. The van der Waals surface area contributed by atoms with Crippen LogP contribution in [0.2, 0.25) is 0 Å². The lowest BCUT2D eigenvalue weighted by atomic mass is 10.0. The average Bonchev–Trinajstić information content (AvgIpc) is 2.32. The molecule has 1 aromatic heterocycles. The second kappa shape index (κ2) is 4.33. The van der Waals surface area contributed by atoms with Crippen LogP contribution in [0.3, 0.4) is 0 Å². The highest BCUT2D eigenvalue weighted by Crippen LogP contribution is 2.16. The van der Waals surface area contributed by atoms with Gasteiger partial charge in [-0.2, -0.15) is 0 Å². The van der Waals surface area contributed by atoms with E-state index in [4.69, 9.17) is 5.73 Å². The Labute approximate surface area is 98.1 Å². The number of benzene rings is 1. The van der Waals surface area contributed by atoms with Gasteiger partial charge in [-0.1, -0.05) is 12.1 Å². The minimum Gasteiger partial charge on any atom is -0.383 e. The maximum atomic E-state index is 13.4. The molecule has 2 aromatic rings. The smallest absolute Gasteiger partial charge is 0.196 e. The van der Waals surface area contributed by atoms with Gasteiger partial charge in [0.1, 0.15) is 11.6 Å². The molecule has 0 radical (unpaired) electrons. The first-order valence-electron chi connectivity index (χ1n) is 5.11. The Morgan fingerprint density at radius 3 is 2.76 bits per heavy atom. The predicted octanol–water partition coefficient (Wildman–Crippen LogP) is 2.34. The molecular weight excluding hydrogens is 219 g/mol. The molecule has 1 aromatic carbocycles. The van der Waals surface area contributed by atoms with Gasteiger partial charge in [-0.25, -0.2) is 9.37 Å². The SMILES string of the molecule is Cc1ccc(C(=O)c2cccnc2N)cc1F. The van der Waals surface area contributed by atoms with Gasteiger partial charge in [0.05, 0.1) is 5.56 Å². The van der Waals surface area contributed by atoms with Crippen LogP contribution >= 0.6 is 0 Å². The summed E-state index contributed by atoms with van der Waals surface area (Å²) in [5.74, 6) is -0.578. The summed E-state index contributed by atoms with van der Waals surface area (Å²) < 4.78 is 13.4. The van der Waals surface area contributed by atoms with Crippen LogP contribution in [-0.4, -0.2) is 10.8 Å². The molecule has 1 heterocycles. The molecule has 0 fully saturated rings. The maximum Gasteiger partial charge on any atom is 0.196 e. The second-order valence-corrected chi connectivity index (χ2v) is 3.73. The maximum absolute atomic E-state index is 13.4. The van der Waals surface area contributed by atoms with Gasteiger partial charge in [0.2, 0.25) is 0 Å². The van der Waals surface area contributed by atoms with Crippen molar-refractivity contribution in [2.24, 2.45) is 0 Å². The molecule has 2 N–H and O–H groups in total. The Morgan fingerprint density at radius 2 is 2.12 bits per heavy atom. The van der Waals surface area contributed by atoms with Crippen molar-refractivity contribution in [2.75, 3.05) is 5.73 Å². The number of hydrogen-bond acceptors (Lipinski definition) is 3. The lowest BCUT2D eigenvalue weighted by Gasteiger charge is -2.04. The number of nitrogen functional groups attached to an aromatic ring is 1. The fraction of sp³-hybridized carbons (Fsp3) is 0.0769. The van der Waals surface area contributed by atoms with E-state index in [0.717, 1.165) is 0 Å². The summed E-state index contributed by atoms with van der Waals surface area (Å²) in [5.41, 5.74) is 6.66. The highest BCUT2D eigenvalue weighted by molar-refractivity contribution is 6.11. The summed E-state index contributed by atoms with van der Waals surface area (Å²) >= 11 is 0. The summed E-state index contributed by atoms with van der Waals surface area (Å²) in [7, 11) is 0. The van der Waals surface area contributed by atoms with E-state index in [9.17, 15) is 9.18 Å². The minimum absolute atomic E-state index is 0.151. The van der Waals surface area contributed by atoms with Crippen molar-refractivity contribution in [3.8, 4) is 0 Å². The Bertz CT molecular complexity index is 581. The van der Waals surface area contributed by atoms with Gasteiger partial charge in [0.25, 0.3) is 0 Å². The molecule has 0 saturated carbocycles. The number of anilines is 1. The summed E-state index contributed by atoms with van der Waals surface area (Å²) in [4.78, 5) is 15.9. The quantitative estimate of drug-likeness (QED) is 0.805. The number of halogens is 1.